The van der Waals surface area contributed by atoms with Crippen LogP contribution in [-0.2, 0) is 9.59 Å². The van der Waals surface area contributed by atoms with E-state index >= 15 is 0 Å². The highest BCUT2D eigenvalue weighted by atomic mass is 19.1. The van der Waals surface area contributed by atoms with Gasteiger partial charge >= 0.3 is 0 Å². The Balaban J connectivity index is 1.46. The van der Waals surface area contributed by atoms with Gasteiger partial charge in [-0.1, -0.05) is 24.3 Å². The highest BCUT2D eigenvalue weighted by Gasteiger charge is 2.43. The van der Waals surface area contributed by atoms with Crippen LogP contribution in [0.25, 0.3) is 0 Å². The van der Waals surface area contributed by atoms with Gasteiger partial charge in [0.05, 0.1) is 30.4 Å². The summed E-state index contributed by atoms with van der Waals surface area (Å²) >= 11 is 0. The normalized spacial score (nSPS) is 28.7. The lowest BCUT2D eigenvalue weighted by Gasteiger charge is -2.32. The molecule has 126 valence electrons. The number of likely N-dealkylation sites (tertiary alicyclic amines) is 1. The lowest BCUT2D eigenvalue weighted by atomic mass is 10.1. The SMILES string of the molecule is CN(CN1C(=O)[C@H]2C=C[C@H]1C2)[C@H]1CCN(c2ccccc2F)C1=O. The molecule has 1 aromatic rings. The average Bonchev–Trinajstić information content (AvgIpc) is 3.25. The van der Waals surface area contributed by atoms with Gasteiger partial charge in [-0.15, -0.1) is 0 Å². The average molecular weight is 329 g/mol. The van der Waals surface area contributed by atoms with Crippen LogP contribution in [0.1, 0.15) is 12.8 Å². The van der Waals surface area contributed by atoms with E-state index in [0.717, 1.165) is 6.42 Å². The van der Waals surface area contributed by atoms with Gasteiger partial charge in [0, 0.05) is 6.54 Å². The van der Waals surface area contributed by atoms with Crippen LogP contribution in [0.2, 0.25) is 0 Å². The minimum absolute atomic E-state index is 0.0117. The summed E-state index contributed by atoms with van der Waals surface area (Å²) in [5.74, 6) is -0.329. The number of likely N-dealkylation sites (N-methyl/N-ethyl adjacent to an activating group) is 1. The molecule has 1 aromatic carbocycles. The molecule has 24 heavy (non-hydrogen) atoms. The van der Waals surface area contributed by atoms with Crippen LogP contribution in [0.3, 0.4) is 0 Å². The second kappa shape index (κ2) is 5.70. The molecular formula is C18H20FN3O2. The third-order valence-corrected chi connectivity index (χ3v) is 5.29. The third-order valence-electron chi connectivity index (χ3n) is 5.29. The monoisotopic (exact) mass is 329 g/mol. The van der Waals surface area contributed by atoms with Crippen molar-refractivity contribution in [1.82, 2.24) is 9.80 Å². The molecule has 2 amide bonds. The Morgan fingerprint density at radius 3 is 2.71 bits per heavy atom. The molecule has 2 heterocycles. The summed E-state index contributed by atoms with van der Waals surface area (Å²) < 4.78 is 14.0. The highest BCUT2D eigenvalue weighted by molar-refractivity contribution is 5.99. The predicted octanol–water partition coefficient (Wildman–Crippen LogP) is 1.61. The first-order valence-electron chi connectivity index (χ1n) is 8.31. The smallest absolute Gasteiger partial charge is 0.244 e. The molecule has 2 bridgehead atoms. The van der Waals surface area contributed by atoms with Crippen LogP contribution in [0.15, 0.2) is 36.4 Å². The van der Waals surface area contributed by atoms with E-state index in [9.17, 15) is 14.0 Å². The van der Waals surface area contributed by atoms with Gasteiger partial charge < -0.3 is 9.80 Å². The molecule has 2 fully saturated rings. The molecule has 2 aliphatic heterocycles. The minimum atomic E-state index is -0.383. The van der Waals surface area contributed by atoms with E-state index < -0.39 is 0 Å². The van der Waals surface area contributed by atoms with E-state index in [1.54, 1.807) is 18.2 Å². The van der Waals surface area contributed by atoms with Crippen molar-refractivity contribution in [2.24, 2.45) is 5.92 Å². The van der Waals surface area contributed by atoms with E-state index in [4.69, 9.17) is 0 Å². The number of fused-ring (bicyclic) bond motifs is 2. The molecule has 0 N–H and O–H groups in total. The molecule has 1 aliphatic carbocycles. The lowest BCUT2D eigenvalue weighted by Crippen LogP contribution is -2.48. The van der Waals surface area contributed by atoms with Crippen LogP contribution in [0.4, 0.5) is 10.1 Å². The number of amides is 2. The number of hydrogen-bond acceptors (Lipinski definition) is 3. The highest BCUT2D eigenvalue weighted by Crippen LogP contribution is 2.33. The minimum Gasteiger partial charge on any atom is -0.323 e. The quantitative estimate of drug-likeness (QED) is 0.788. The van der Waals surface area contributed by atoms with Crippen molar-refractivity contribution in [1.29, 1.82) is 0 Å². The largest absolute Gasteiger partial charge is 0.323 e. The third kappa shape index (κ3) is 2.33. The summed E-state index contributed by atoms with van der Waals surface area (Å²) in [4.78, 5) is 30.2. The fourth-order valence-corrected chi connectivity index (χ4v) is 3.97. The fraction of sp³-hybridized carbons (Fsp3) is 0.444. The van der Waals surface area contributed by atoms with Gasteiger partial charge in [-0.05, 0) is 32.0 Å². The van der Waals surface area contributed by atoms with E-state index in [2.05, 4.69) is 6.08 Å². The van der Waals surface area contributed by atoms with Crippen LogP contribution in [0, 0.1) is 11.7 Å². The van der Waals surface area contributed by atoms with E-state index in [1.807, 2.05) is 22.9 Å². The fourth-order valence-electron chi connectivity index (χ4n) is 3.97. The van der Waals surface area contributed by atoms with Crippen molar-refractivity contribution in [3.63, 3.8) is 0 Å². The van der Waals surface area contributed by atoms with Crippen LogP contribution in [0.5, 0.6) is 0 Å². The van der Waals surface area contributed by atoms with Crippen molar-refractivity contribution >= 4 is 17.5 Å². The molecular weight excluding hydrogens is 309 g/mol. The zero-order valence-electron chi connectivity index (χ0n) is 13.6. The number of anilines is 1. The van der Waals surface area contributed by atoms with Crippen molar-refractivity contribution in [2.75, 3.05) is 25.2 Å². The standard InChI is InChI=1S/C18H20FN3O2/c1-20(11-22-13-7-6-12(10-13)17(22)23)16-8-9-21(18(16)24)15-5-3-2-4-14(15)19/h2-7,12-13,16H,8-11H2,1H3/t12-,13-,16-/m0/s1. The first-order chi connectivity index (χ1) is 11.6. The summed E-state index contributed by atoms with van der Waals surface area (Å²) in [5.41, 5.74) is 0.331. The summed E-state index contributed by atoms with van der Waals surface area (Å²) in [6, 6.07) is 6.18. The molecule has 3 aliphatic rings. The number of hydrogen-bond donors (Lipinski definition) is 0. The number of carbonyl (C=O) groups excluding carboxylic acids is 2. The van der Waals surface area contributed by atoms with Gasteiger partial charge in [-0.2, -0.15) is 0 Å². The Labute approximate surface area is 140 Å². The van der Waals surface area contributed by atoms with Crippen molar-refractivity contribution < 1.29 is 14.0 Å². The number of carbonyl (C=O) groups is 2. The summed E-state index contributed by atoms with van der Waals surface area (Å²) in [6.45, 7) is 0.931. The summed E-state index contributed by atoms with van der Waals surface area (Å²) in [6.07, 6.45) is 5.54. The Morgan fingerprint density at radius 2 is 2.00 bits per heavy atom. The number of nitrogens with zero attached hydrogens (tertiary/aromatic N) is 3. The molecule has 4 rings (SSSR count). The maximum absolute atomic E-state index is 14.0. The number of rotatable bonds is 4. The number of halogens is 1. The summed E-state index contributed by atoms with van der Waals surface area (Å²) in [7, 11) is 1.86. The van der Waals surface area contributed by atoms with E-state index in [1.165, 1.54) is 11.0 Å². The Bertz CT molecular complexity index is 720. The molecule has 6 heteroatoms. The zero-order chi connectivity index (χ0) is 16.8. The second-order valence-electron chi connectivity index (χ2n) is 6.75. The molecule has 0 saturated carbocycles. The van der Waals surface area contributed by atoms with Gasteiger partial charge in [0.15, 0.2) is 0 Å². The molecule has 3 atom stereocenters. The molecule has 2 saturated heterocycles. The van der Waals surface area contributed by atoms with Gasteiger partial charge in [-0.25, -0.2) is 4.39 Å². The van der Waals surface area contributed by atoms with Crippen LogP contribution < -0.4 is 4.90 Å². The van der Waals surface area contributed by atoms with Crippen molar-refractivity contribution in [3.8, 4) is 0 Å². The molecule has 0 aromatic heterocycles. The molecule has 5 nitrogen and oxygen atoms in total. The predicted molar refractivity (Wildman–Crippen MR) is 87.7 cm³/mol. The molecule has 0 spiro atoms. The van der Waals surface area contributed by atoms with Gasteiger partial charge in [0.2, 0.25) is 11.8 Å². The first kappa shape index (κ1) is 15.3. The second-order valence-corrected chi connectivity index (χ2v) is 6.75. The first-order valence-corrected chi connectivity index (χ1v) is 8.31. The maximum Gasteiger partial charge on any atom is 0.244 e. The van der Waals surface area contributed by atoms with Crippen molar-refractivity contribution in [3.05, 3.63) is 42.2 Å². The van der Waals surface area contributed by atoms with Crippen molar-refractivity contribution in [2.45, 2.75) is 24.9 Å². The number of benzene rings is 1. The number of para-hydroxylation sites is 1. The Kier molecular flexibility index (Phi) is 3.64. The lowest BCUT2D eigenvalue weighted by molar-refractivity contribution is -0.134. The van der Waals surface area contributed by atoms with E-state index in [0.29, 0.717) is 25.3 Å². The van der Waals surface area contributed by atoms with Gasteiger partial charge in [0.1, 0.15) is 5.82 Å². The molecule has 0 unspecified atom stereocenters. The van der Waals surface area contributed by atoms with Gasteiger partial charge in [-0.3, -0.25) is 14.5 Å². The summed E-state index contributed by atoms with van der Waals surface area (Å²) in [5, 5.41) is 0. The van der Waals surface area contributed by atoms with Crippen LogP contribution in [-0.4, -0.2) is 54.0 Å². The maximum atomic E-state index is 14.0. The zero-order valence-corrected chi connectivity index (χ0v) is 13.6. The van der Waals surface area contributed by atoms with Gasteiger partial charge in [0.25, 0.3) is 0 Å². The van der Waals surface area contributed by atoms with E-state index in [-0.39, 0.29) is 35.6 Å². The molecule has 0 radical (unpaired) electrons. The Hall–Kier alpha value is -2.21. The topological polar surface area (TPSA) is 43.9 Å². The van der Waals surface area contributed by atoms with Crippen LogP contribution >= 0.6 is 0 Å². The Morgan fingerprint density at radius 1 is 1.21 bits per heavy atom.